The first-order valence-corrected chi connectivity index (χ1v) is 8.21. The van der Waals surface area contributed by atoms with Gasteiger partial charge in [0, 0.05) is 19.5 Å². The van der Waals surface area contributed by atoms with Crippen LogP contribution in [0.2, 0.25) is 0 Å². The minimum absolute atomic E-state index is 0.0995. The summed E-state index contributed by atoms with van der Waals surface area (Å²) in [6, 6.07) is 7.42. The summed E-state index contributed by atoms with van der Waals surface area (Å²) >= 11 is 0. The summed E-state index contributed by atoms with van der Waals surface area (Å²) in [5.41, 5.74) is 1.83. The number of para-hydroxylation sites is 1. The predicted molar refractivity (Wildman–Crippen MR) is 97.3 cm³/mol. The lowest BCUT2D eigenvalue weighted by molar-refractivity contribution is -0.115. The number of carbonyl (C=O) groups excluding carboxylic acids is 1. The van der Waals surface area contributed by atoms with Crippen molar-refractivity contribution in [3.05, 3.63) is 30.5 Å². The lowest BCUT2D eigenvalue weighted by Crippen LogP contribution is -2.10. The van der Waals surface area contributed by atoms with Crippen LogP contribution in [0.1, 0.15) is 13.3 Å². The van der Waals surface area contributed by atoms with Crippen LogP contribution in [0.3, 0.4) is 0 Å². The largest absolute Gasteiger partial charge is 0.454 e. The standard InChI is InChI=1S/C17H18N6O3/c1-3-15(24)21-11-8-19-23-14(18-2)7-13(22-17(11)23)20-10-5-4-6-12-16(10)26-9-25-12/h4-8,18H,3,9H2,1-2H3,(H,20,22)(H,21,24). The molecular formula is C17H18N6O3. The summed E-state index contributed by atoms with van der Waals surface area (Å²) in [5.74, 6) is 2.54. The zero-order valence-electron chi connectivity index (χ0n) is 14.4. The molecule has 1 amide bonds. The number of hydrogen-bond donors (Lipinski definition) is 3. The van der Waals surface area contributed by atoms with Gasteiger partial charge in [-0.15, -0.1) is 0 Å². The van der Waals surface area contributed by atoms with E-state index in [-0.39, 0.29) is 12.7 Å². The van der Waals surface area contributed by atoms with Crippen LogP contribution in [0.4, 0.5) is 23.0 Å². The van der Waals surface area contributed by atoms with Crippen LogP contribution >= 0.6 is 0 Å². The van der Waals surface area contributed by atoms with Crippen molar-refractivity contribution in [2.45, 2.75) is 13.3 Å². The van der Waals surface area contributed by atoms with Gasteiger partial charge in [-0.3, -0.25) is 4.79 Å². The van der Waals surface area contributed by atoms with E-state index >= 15 is 0 Å². The highest BCUT2D eigenvalue weighted by Crippen LogP contribution is 2.40. The van der Waals surface area contributed by atoms with E-state index in [4.69, 9.17) is 9.47 Å². The number of rotatable bonds is 5. The van der Waals surface area contributed by atoms with E-state index in [1.165, 1.54) is 0 Å². The third-order valence-corrected chi connectivity index (χ3v) is 3.98. The van der Waals surface area contributed by atoms with Gasteiger partial charge in [0.1, 0.15) is 17.3 Å². The fourth-order valence-electron chi connectivity index (χ4n) is 2.70. The Morgan fingerprint density at radius 2 is 2.19 bits per heavy atom. The van der Waals surface area contributed by atoms with Crippen LogP contribution < -0.4 is 25.4 Å². The average molecular weight is 354 g/mol. The zero-order chi connectivity index (χ0) is 18.1. The van der Waals surface area contributed by atoms with Crippen LogP contribution in [0, 0.1) is 0 Å². The lowest BCUT2D eigenvalue weighted by Gasteiger charge is -2.11. The van der Waals surface area contributed by atoms with Crippen LogP contribution in [-0.2, 0) is 4.79 Å². The molecule has 1 aromatic carbocycles. The number of nitrogens with one attached hydrogen (secondary N) is 3. The summed E-state index contributed by atoms with van der Waals surface area (Å²) in [4.78, 5) is 16.3. The second-order valence-corrected chi connectivity index (χ2v) is 5.64. The molecule has 3 aromatic rings. The van der Waals surface area contributed by atoms with Crippen LogP contribution in [0.15, 0.2) is 30.5 Å². The van der Waals surface area contributed by atoms with Crippen molar-refractivity contribution in [1.82, 2.24) is 14.6 Å². The predicted octanol–water partition coefficient (Wildman–Crippen LogP) is 2.59. The van der Waals surface area contributed by atoms with E-state index in [1.54, 1.807) is 24.7 Å². The van der Waals surface area contributed by atoms with Gasteiger partial charge in [0.25, 0.3) is 0 Å². The second kappa shape index (κ2) is 6.43. The van der Waals surface area contributed by atoms with Crippen molar-refractivity contribution >= 4 is 34.6 Å². The Hall–Kier alpha value is -3.49. The number of amides is 1. The van der Waals surface area contributed by atoms with Crippen molar-refractivity contribution in [2.24, 2.45) is 0 Å². The molecule has 134 valence electrons. The summed E-state index contributed by atoms with van der Waals surface area (Å²) in [6.45, 7) is 1.98. The van der Waals surface area contributed by atoms with Crippen LogP contribution in [-0.4, -0.2) is 34.3 Å². The maximum Gasteiger partial charge on any atom is 0.231 e. The van der Waals surface area contributed by atoms with E-state index in [0.29, 0.717) is 35.1 Å². The monoisotopic (exact) mass is 354 g/mol. The number of fused-ring (bicyclic) bond motifs is 2. The molecule has 2 aromatic heterocycles. The van der Waals surface area contributed by atoms with Gasteiger partial charge in [0.15, 0.2) is 17.1 Å². The van der Waals surface area contributed by atoms with Gasteiger partial charge < -0.3 is 25.4 Å². The third-order valence-electron chi connectivity index (χ3n) is 3.98. The summed E-state index contributed by atoms with van der Waals surface area (Å²) in [7, 11) is 1.79. The van der Waals surface area contributed by atoms with Crippen molar-refractivity contribution in [2.75, 3.05) is 29.8 Å². The molecule has 4 rings (SSSR count). The zero-order valence-corrected chi connectivity index (χ0v) is 14.4. The van der Waals surface area contributed by atoms with Crippen LogP contribution in [0.25, 0.3) is 5.65 Å². The number of aromatic nitrogens is 3. The van der Waals surface area contributed by atoms with Gasteiger partial charge in [-0.05, 0) is 12.1 Å². The van der Waals surface area contributed by atoms with Gasteiger partial charge in [-0.1, -0.05) is 13.0 Å². The van der Waals surface area contributed by atoms with E-state index in [1.807, 2.05) is 24.3 Å². The molecule has 1 aliphatic heterocycles. The number of anilines is 4. The number of carbonyl (C=O) groups is 1. The molecule has 0 atom stereocenters. The van der Waals surface area contributed by atoms with Gasteiger partial charge >= 0.3 is 0 Å². The highest BCUT2D eigenvalue weighted by molar-refractivity contribution is 5.94. The minimum Gasteiger partial charge on any atom is -0.454 e. The second-order valence-electron chi connectivity index (χ2n) is 5.64. The molecule has 1 aliphatic rings. The molecule has 0 saturated carbocycles. The number of hydrogen-bond acceptors (Lipinski definition) is 7. The van der Waals surface area contributed by atoms with E-state index in [2.05, 4.69) is 26.0 Å². The van der Waals surface area contributed by atoms with Crippen molar-refractivity contribution < 1.29 is 14.3 Å². The highest BCUT2D eigenvalue weighted by atomic mass is 16.7. The maximum absolute atomic E-state index is 11.7. The van der Waals surface area contributed by atoms with Crippen molar-refractivity contribution in [3.8, 4) is 11.5 Å². The molecule has 3 N–H and O–H groups in total. The molecule has 9 heteroatoms. The third kappa shape index (κ3) is 2.73. The molecule has 0 unspecified atom stereocenters. The number of nitrogens with zero attached hydrogens (tertiary/aromatic N) is 3. The fourth-order valence-corrected chi connectivity index (χ4v) is 2.70. The normalized spacial score (nSPS) is 12.2. The Bertz CT molecular complexity index is 984. The quantitative estimate of drug-likeness (QED) is 0.647. The molecular weight excluding hydrogens is 336 g/mol. The Morgan fingerprint density at radius 1 is 1.31 bits per heavy atom. The van der Waals surface area contributed by atoms with Gasteiger partial charge in [0.2, 0.25) is 12.7 Å². The number of benzene rings is 1. The molecule has 26 heavy (non-hydrogen) atoms. The molecule has 0 saturated heterocycles. The molecule has 9 nitrogen and oxygen atoms in total. The van der Waals surface area contributed by atoms with Gasteiger partial charge in [-0.25, -0.2) is 4.98 Å². The van der Waals surface area contributed by atoms with E-state index < -0.39 is 0 Å². The summed E-state index contributed by atoms with van der Waals surface area (Å²) in [6.07, 6.45) is 1.96. The van der Waals surface area contributed by atoms with E-state index in [9.17, 15) is 4.79 Å². The van der Waals surface area contributed by atoms with Gasteiger partial charge in [-0.2, -0.15) is 9.61 Å². The Kier molecular flexibility index (Phi) is 3.96. The minimum atomic E-state index is -0.0995. The Morgan fingerprint density at radius 3 is 3.00 bits per heavy atom. The first-order chi connectivity index (χ1) is 12.7. The molecule has 0 radical (unpaired) electrons. The van der Waals surface area contributed by atoms with Gasteiger partial charge in [0.05, 0.1) is 11.9 Å². The molecule has 0 fully saturated rings. The van der Waals surface area contributed by atoms with Crippen molar-refractivity contribution in [3.63, 3.8) is 0 Å². The fraction of sp³-hybridized carbons (Fsp3) is 0.235. The van der Waals surface area contributed by atoms with Crippen LogP contribution in [0.5, 0.6) is 11.5 Å². The highest BCUT2D eigenvalue weighted by Gasteiger charge is 2.19. The van der Waals surface area contributed by atoms with E-state index in [0.717, 1.165) is 11.5 Å². The topological polar surface area (TPSA) is 102 Å². The lowest BCUT2D eigenvalue weighted by atomic mass is 10.2. The van der Waals surface area contributed by atoms with Crippen molar-refractivity contribution in [1.29, 1.82) is 0 Å². The number of ether oxygens (including phenoxy) is 2. The summed E-state index contributed by atoms with van der Waals surface area (Å²) < 4.78 is 12.5. The molecule has 3 heterocycles. The SMILES string of the molecule is CCC(=O)Nc1cnn2c(NC)cc(Nc3cccc4c3OCO4)nc12. The smallest absolute Gasteiger partial charge is 0.231 e. The molecule has 0 spiro atoms. The molecule has 0 bridgehead atoms. The Balaban J connectivity index is 1.74. The first-order valence-electron chi connectivity index (χ1n) is 8.21. The molecule has 0 aliphatic carbocycles. The summed E-state index contributed by atoms with van der Waals surface area (Å²) in [5, 5.41) is 13.4. The average Bonchev–Trinajstić information content (AvgIpc) is 3.29. The first kappa shape index (κ1) is 16.0. The Labute approximate surface area is 149 Å². The maximum atomic E-state index is 11.7.